The van der Waals surface area contributed by atoms with Crippen LogP contribution in [0, 0.1) is 5.92 Å². The molecule has 1 aromatic rings. The molecular weight excluding hydrogens is 310 g/mol. The second-order valence-corrected chi connectivity index (χ2v) is 9.81. The van der Waals surface area contributed by atoms with Crippen LogP contribution in [0.4, 0.5) is 0 Å². The largest absolute Gasteiger partial charge is 0.488 e. The summed E-state index contributed by atoms with van der Waals surface area (Å²) in [7, 11) is -2.77. The van der Waals surface area contributed by atoms with Crippen molar-refractivity contribution in [2.75, 3.05) is 18.1 Å². The van der Waals surface area contributed by atoms with E-state index in [-0.39, 0.29) is 11.6 Å². The molecule has 0 aliphatic carbocycles. The van der Waals surface area contributed by atoms with E-state index < -0.39 is 9.84 Å². The van der Waals surface area contributed by atoms with Gasteiger partial charge in [0.05, 0.1) is 11.5 Å². The molecule has 1 N–H and O–H groups in total. The third kappa shape index (κ3) is 6.15. The van der Waals surface area contributed by atoms with Crippen molar-refractivity contribution in [2.24, 2.45) is 5.92 Å². The zero-order valence-corrected chi connectivity index (χ0v) is 15.4. The van der Waals surface area contributed by atoms with Gasteiger partial charge in [-0.2, -0.15) is 0 Å². The van der Waals surface area contributed by atoms with E-state index in [4.69, 9.17) is 4.74 Å². The Hall–Kier alpha value is -1.07. The molecule has 4 nitrogen and oxygen atoms in total. The molecule has 1 aromatic carbocycles. The zero-order valence-electron chi connectivity index (χ0n) is 14.6. The molecule has 0 aromatic heterocycles. The van der Waals surface area contributed by atoms with E-state index in [1.165, 1.54) is 5.56 Å². The first-order chi connectivity index (χ1) is 10.6. The predicted molar refractivity (Wildman–Crippen MR) is 94.6 cm³/mol. The Kier molecular flexibility index (Phi) is 5.74. The van der Waals surface area contributed by atoms with Crippen LogP contribution in [-0.4, -0.2) is 32.1 Å². The van der Waals surface area contributed by atoms with E-state index in [1.807, 2.05) is 32.9 Å². The standard InChI is InChI=1S/C18H29NO3S/c1-14(19-13-15-9-11-23(20,21)12-10-15)16-5-7-17(8-6-16)22-18(2,3)4/h5-8,14-15,19H,9-13H2,1-4H3/t14-/m1/s1. The van der Waals surface area contributed by atoms with Crippen molar-refractivity contribution in [3.8, 4) is 5.75 Å². The van der Waals surface area contributed by atoms with Crippen molar-refractivity contribution in [3.05, 3.63) is 29.8 Å². The highest BCUT2D eigenvalue weighted by molar-refractivity contribution is 7.91. The quantitative estimate of drug-likeness (QED) is 0.894. The van der Waals surface area contributed by atoms with Crippen molar-refractivity contribution in [1.29, 1.82) is 0 Å². The first-order valence-corrected chi connectivity index (χ1v) is 10.2. The summed E-state index contributed by atoms with van der Waals surface area (Å²) < 4.78 is 28.7. The van der Waals surface area contributed by atoms with Crippen LogP contribution in [0.5, 0.6) is 5.75 Å². The topological polar surface area (TPSA) is 55.4 Å². The molecule has 23 heavy (non-hydrogen) atoms. The first kappa shape index (κ1) is 18.3. The Bertz CT molecular complexity index is 588. The van der Waals surface area contributed by atoms with Gasteiger partial charge in [-0.25, -0.2) is 8.42 Å². The molecule has 1 saturated heterocycles. The van der Waals surface area contributed by atoms with E-state index >= 15 is 0 Å². The summed E-state index contributed by atoms with van der Waals surface area (Å²) >= 11 is 0. The lowest BCUT2D eigenvalue weighted by Crippen LogP contribution is -2.32. The van der Waals surface area contributed by atoms with Gasteiger partial charge in [0, 0.05) is 6.04 Å². The number of ether oxygens (including phenoxy) is 1. The van der Waals surface area contributed by atoms with Crippen LogP contribution in [0.2, 0.25) is 0 Å². The van der Waals surface area contributed by atoms with E-state index in [9.17, 15) is 8.42 Å². The van der Waals surface area contributed by atoms with Crippen molar-refractivity contribution in [2.45, 2.75) is 52.2 Å². The fourth-order valence-corrected chi connectivity index (χ4v) is 4.37. The van der Waals surface area contributed by atoms with Crippen molar-refractivity contribution in [3.63, 3.8) is 0 Å². The first-order valence-electron chi connectivity index (χ1n) is 8.37. The van der Waals surface area contributed by atoms with Gasteiger partial charge in [-0.15, -0.1) is 0 Å². The van der Waals surface area contributed by atoms with Crippen LogP contribution in [0.1, 0.15) is 52.1 Å². The minimum Gasteiger partial charge on any atom is -0.488 e. The molecule has 5 heteroatoms. The van der Waals surface area contributed by atoms with E-state index in [0.29, 0.717) is 17.4 Å². The minimum atomic E-state index is -2.77. The number of sulfone groups is 1. The van der Waals surface area contributed by atoms with E-state index in [2.05, 4.69) is 24.4 Å². The Morgan fingerprint density at radius 2 is 1.74 bits per heavy atom. The summed E-state index contributed by atoms with van der Waals surface area (Å²) in [6, 6.07) is 8.43. The monoisotopic (exact) mass is 339 g/mol. The molecule has 0 bridgehead atoms. The van der Waals surface area contributed by atoms with E-state index in [1.54, 1.807) is 0 Å². The number of nitrogens with one attached hydrogen (secondary N) is 1. The number of hydrogen-bond donors (Lipinski definition) is 1. The van der Waals surface area contributed by atoms with Crippen LogP contribution >= 0.6 is 0 Å². The molecule has 1 aliphatic heterocycles. The minimum absolute atomic E-state index is 0.188. The molecule has 2 rings (SSSR count). The van der Waals surface area contributed by atoms with Crippen molar-refractivity contribution in [1.82, 2.24) is 5.32 Å². The fraction of sp³-hybridized carbons (Fsp3) is 0.667. The van der Waals surface area contributed by atoms with Gasteiger partial charge in [0.2, 0.25) is 0 Å². The fourth-order valence-electron chi connectivity index (χ4n) is 2.78. The third-order valence-electron chi connectivity index (χ3n) is 4.19. The normalized spacial score (nSPS) is 20.2. The Balaban J connectivity index is 1.83. The van der Waals surface area contributed by atoms with Crippen molar-refractivity contribution < 1.29 is 13.2 Å². The highest BCUT2D eigenvalue weighted by Crippen LogP contribution is 2.23. The molecule has 0 saturated carbocycles. The highest BCUT2D eigenvalue weighted by Gasteiger charge is 2.23. The Morgan fingerprint density at radius 1 is 1.17 bits per heavy atom. The summed E-state index contributed by atoms with van der Waals surface area (Å²) in [5, 5.41) is 3.53. The maximum Gasteiger partial charge on any atom is 0.150 e. The van der Waals surface area contributed by atoms with Gasteiger partial charge in [-0.1, -0.05) is 12.1 Å². The molecular formula is C18H29NO3S. The summed E-state index contributed by atoms with van der Waals surface area (Å²) in [6.45, 7) is 9.12. The van der Waals surface area contributed by atoms with Crippen LogP contribution in [0.3, 0.4) is 0 Å². The second kappa shape index (κ2) is 7.22. The van der Waals surface area contributed by atoms with Gasteiger partial charge in [-0.05, 0) is 70.7 Å². The van der Waals surface area contributed by atoms with Gasteiger partial charge < -0.3 is 10.1 Å². The van der Waals surface area contributed by atoms with Crippen molar-refractivity contribution >= 4 is 9.84 Å². The lowest BCUT2D eigenvalue weighted by Gasteiger charge is -2.25. The average Bonchev–Trinajstić information content (AvgIpc) is 2.45. The molecule has 0 amide bonds. The second-order valence-electron chi connectivity index (χ2n) is 7.51. The van der Waals surface area contributed by atoms with Crippen LogP contribution in [-0.2, 0) is 9.84 Å². The maximum absolute atomic E-state index is 11.5. The summed E-state index contributed by atoms with van der Waals surface area (Å²) in [6.07, 6.45) is 1.56. The van der Waals surface area contributed by atoms with Gasteiger partial charge in [-0.3, -0.25) is 0 Å². The molecule has 0 spiro atoms. The van der Waals surface area contributed by atoms with Crippen LogP contribution in [0.15, 0.2) is 24.3 Å². The third-order valence-corrected chi connectivity index (χ3v) is 5.91. The van der Waals surface area contributed by atoms with Crippen LogP contribution in [0.25, 0.3) is 0 Å². The SMILES string of the molecule is C[C@@H](NCC1CCS(=O)(=O)CC1)c1ccc(OC(C)(C)C)cc1. The van der Waals surface area contributed by atoms with Gasteiger partial charge in [0.25, 0.3) is 0 Å². The molecule has 130 valence electrons. The highest BCUT2D eigenvalue weighted by atomic mass is 32.2. The van der Waals surface area contributed by atoms with Gasteiger partial charge in [0.15, 0.2) is 0 Å². The molecule has 1 atom stereocenters. The molecule has 0 unspecified atom stereocenters. The van der Waals surface area contributed by atoms with Gasteiger partial charge in [0.1, 0.15) is 21.2 Å². The van der Waals surface area contributed by atoms with Crippen LogP contribution < -0.4 is 10.1 Å². The summed E-state index contributed by atoms with van der Waals surface area (Å²) in [5.74, 6) is 2.02. The predicted octanol–water partition coefficient (Wildman–Crippen LogP) is 3.34. The van der Waals surface area contributed by atoms with E-state index in [0.717, 1.165) is 25.1 Å². The number of benzene rings is 1. The number of rotatable bonds is 5. The average molecular weight is 340 g/mol. The molecule has 0 radical (unpaired) electrons. The zero-order chi connectivity index (χ0) is 17.1. The summed E-state index contributed by atoms with van der Waals surface area (Å²) in [4.78, 5) is 0. The molecule has 1 fully saturated rings. The summed E-state index contributed by atoms with van der Waals surface area (Å²) in [5.41, 5.74) is 1.03. The molecule has 1 heterocycles. The lowest BCUT2D eigenvalue weighted by molar-refractivity contribution is 0.131. The maximum atomic E-state index is 11.5. The van der Waals surface area contributed by atoms with Gasteiger partial charge >= 0.3 is 0 Å². The number of hydrogen-bond acceptors (Lipinski definition) is 4. The smallest absolute Gasteiger partial charge is 0.150 e. The Morgan fingerprint density at radius 3 is 2.26 bits per heavy atom. The molecule has 1 aliphatic rings. The lowest BCUT2D eigenvalue weighted by atomic mass is 10.0. The Labute approximate surface area is 140 Å².